The molecule has 5 atom stereocenters. The summed E-state index contributed by atoms with van der Waals surface area (Å²) >= 11 is 0. The normalized spacial score (nSPS) is 22.9. The number of benzene rings is 2. The molecule has 4 heterocycles. The maximum Gasteiger partial charge on any atom is 0.527 e. The van der Waals surface area contributed by atoms with E-state index in [0.717, 1.165) is 6.33 Å². The number of H-pyrrole nitrogens is 1. The highest BCUT2D eigenvalue weighted by molar-refractivity contribution is 7.86. The zero-order valence-corrected chi connectivity index (χ0v) is 32.1. The number of nitrogen functional groups attached to an aromatic ring is 1. The Balaban J connectivity index is 1.20. The van der Waals surface area contributed by atoms with Crippen molar-refractivity contribution in [2.24, 2.45) is 0 Å². The number of hydrogen-bond acceptors (Lipinski definition) is 15. The molecule has 7 N–H and O–H groups in total. The zero-order chi connectivity index (χ0) is 39.8. The lowest BCUT2D eigenvalue weighted by atomic mass is 9.89. The summed E-state index contributed by atoms with van der Waals surface area (Å²) < 4.78 is 76.7. The first-order valence-corrected chi connectivity index (χ1v) is 22.3. The van der Waals surface area contributed by atoms with Gasteiger partial charge in [-0.2, -0.15) is 13.4 Å². The van der Waals surface area contributed by atoms with Crippen LogP contribution in [0.15, 0.2) is 75.3 Å². The Hall–Kier alpha value is -4.96. The van der Waals surface area contributed by atoms with Crippen molar-refractivity contribution in [3.63, 3.8) is 0 Å². The highest BCUT2D eigenvalue weighted by Crippen LogP contribution is 2.49. The lowest BCUT2D eigenvalue weighted by Crippen LogP contribution is -2.49. The summed E-state index contributed by atoms with van der Waals surface area (Å²) in [5.74, 6) is -0.574. The van der Waals surface area contributed by atoms with Crippen LogP contribution in [0.25, 0.3) is 16.7 Å². The van der Waals surface area contributed by atoms with E-state index in [1.807, 2.05) is 13.1 Å². The van der Waals surface area contributed by atoms with E-state index in [9.17, 15) is 42.2 Å². The number of ketones is 1. The molecule has 7 rings (SSSR count). The van der Waals surface area contributed by atoms with Crippen LogP contribution in [0.5, 0.6) is 17.2 Å². The number of aliphatic hydroxyl groups excluding tert-OH is 2. The molecule has 0 bridgehead atoms. The van der Waals surface area contributed by atoms with Gasteiger partial charge in [0.25, 0.3) is 15.7 Å². The zero-order valence-electron chi connectivity index (χ0n) is 29.4. The number of fused-ring (bicyclic) bond motifs is 3. The summed E-state index contributed by atoms with van der Waals surface area (Å²) in [4.78, 5) is 45.5. The summed E-state index contributed by atoms with van der Waals surface area (Å²) in [6, 6.07) is 7.06. The number of hydrogen-bond donors (Lipinski definition) is 6. The Labute approximate surface area is 312 Å². The van der Waals surface area contributed by atoms with Crippen molar-refractivity contribution in [2.75, 3.05) is 26.6 Å². The molecule has 55 heavy (non-hydrogen) atoms. The summed E-state index contributed by atoms with van der Waals surface area (Å²) in [6.07, 6.45) is -0.231. The molecule has 0 spiro atoms. The van der Waals surface area contributed by atoms with Crippen molar-refractivity contribution in [3.8, 4) is 17.2 Å². The molecule has 2 aromatic heterocycles. The Morgan fingerprint density at radius 1 is 1.05 bits per heavy atom. The second kappa shape index (κ2) is 13.7. The van der Waals surface area contributed by atoms with Gasteiger partial charge in [0.15, 0.2) is 23.2 Å². The molecule has 290 valence electrons. The molecule has 0 amide bonds. The van der Waals surface area contributed by atoms with E-state index in [4.69, 9.17) is 29.0 Å². The van der Waals surface area contributed by atoms with Crippen LogP contribution in [0.4, 0.5) is 5.95 Å². The van der Waals surface area contributed by atoms with Gasteiger partial charge in [-0.05, 0) is 57.4 Å². The number of aromatic nitrogens is 4. The molecular formula is C33H34N5O14PSSi. The van der Waals surface area contributed by atoms with Crippen molar-refractivity contribution >= 4 is 59.7 Å². The minimum absolute atomic E-state index is 0.0343. The van der Waals surface area contributed by atoms with Gasteiger partial charge < -0.3 is 34.7 Å². The number of aliphatic hydroxyl groups is 2. The number of nitrogens with one attached hydrogen (secondary N) is 1. The van der Waals surface area contributed by atoms with Gasteiger partial charge in [-0.1, -0.05) is 25.2 Å². The Morgan fingerprint density at radius 2 is 1.78 bits per heavy atom. The molecule has 0 radical (unpaired) electrons. The number of carbonyl (C=O) groups excluding carboxylic acids is 1. The van der Waals surface area contributed by atoms with E-state index in [2.05, 4.69) is 15.0 Å². The van der Waals surface area contributed by atoms with Crippen LogP contribution >= 0.6 is 7.82 Å². The fourth-order valence-electron chi connectivity index (χ4n) is 6.97. The van der Waals surface area contributed by atoms with E-state index in [1.165, 1.54) is 55.2 Å². The molecule has 3 aliphatic rings. The maximum absolute atomic E-state index is 13.3. The topological polar surface area (TPSA) is 285 Å². The minimum Gasteiger partial charge on any atom is -0.496 e. The van der Waals surface area contributed by atoms with Gasteiger partial charge in [0, 0.05) is 11.6 Å². The third-order valence-electron chi connectivity index (χ3n) is 9.59. The molecule has 5 unspecified atom stereocenters. The van der Waals surface area contributed by atoms with E-state index in [-0.39, 0.29) is 45.7 Å². The highest BCUT2D eigenvalue weighted by atomic mass is 32.2. The molecular weight excluding hydrogens is 782 g/mol. The summed E-state index contributed by atoms with van der Waals surface area (Å²) in [5, 5.41) is 22.8. The lowest BCUT2D eigenvalue weighted by Gasteiger charge is -2.38. The maximum atomic E-state index is 13.3. The molecule has 4 aromatic rings. The second-order valence-corrected chi connectivity index (χ2v) is 20.4. The van der Waals surface area contributed by atoms with Gasteiger partial charge in [0.2, 0.25) is 5.95 Å². The van der Waals surface area contributed by atoms with E-state index < -0.39 is 67.6 Å². The largest absolute Gasteiger partial charge is 0.527 e. The van der Waals surface area contributed by atoms with Gasteiger partial charge >= 0.3 is 7.82 Å². The number of rotatable bonds is 10. The first-order chi connectivity index (χ1) is 25.8. The van der Waals surface area contributed by atoms with Gasteiger partial charge in [0.05, 0.1) is 27.2 Å². The number of phosphoric ester groups is 1. The van der Waals surface area contributed by atoms with Crippen LogP contribution in [0.1, 0.15) is 17.4 Å². The van der Waals surface area contributed by atoms with Crippen LogP contribution in [-0.2, 0) is 28.7 Å². The number of aromatic amines is 1. The number of nitrogens with zero attached hydrogens (tertiary/aromatic N) is 3. The van der Waals surface area contributed by atoms with Crippen molar-refractivity contribution in [2.45, 2.75) is 42.5 Å². The number of anilines is 1. The van der Waals surface area contributed by atoms with Crippen LogP contribution in [0, 0.1) is 0 Å². The molecule has 1 saturated heterocycles. The monoisotopic (exact) mass is 815 g/mol. The second-order valence-electron chi connectivity index (χ2n) is 13.3. The molecule has 1 aliphatic carbocycles. The number of phosphoric acid groups is 1. The first kappa shape index (κ1) is 38.3. The number of methoxy groups -OCH3 is 2. The predicted octanol–water partition coefficient (Wildman–Crippen LogP) is 1.12. The third-order valence-corrected chi connectivity index (χ3v) is 14.9. The molecule has 2 aromatic carbocycles. The first-order valence-electron chi connectivity index (χ1n) is 16.3. The number of imidazole rings is 1. The molecule has 1 fully saturated rings. The lowest BCUT2D eigenvalue weighted by molar-refractivity contribution is -0.110. The average Bonchev–Trinajstić information content (AvgIpc) is 3.66. The van der Waals surface area contributed by atoms with Gasteiger partial charge in [-0.3, -0.25) is 33.1 Å². The standard InChI is InChI=1S/C33H34N5O14PSSi/c1-48-20-12-21(49-2)23(54(45,46)47)11-19(20)26-17-7-5-15(39)9-24(17)55(3,4)25-10-16(6-8-18(25)26)52-53(43,44)50-13-22-28(40)29(41)32(51-22)38-14-35-27-30(38)36-33(34)37-31(27)42/h5-12,14,22,28-29,32,40-41H,13H2,1-4H3,(H,43,44)(H,45,46,47)(H3,34,36,37,42). The molecule has 2 aliphatic heterocycles. The third kappa shape index (κ3) is 6.72. The summed E-state index contributed by atoms with van der Waals surface area (Å²) in [5.41, 5.74) is 6.76. The summed E-state index contributed by atoms with van der Waals surface area (Å²) in [6.45, 7) is 3.19. The molecule has 19 nitrogen and oxygen atoms in total. The van der Waals surface area contributed by atoms with Crippen molar-refractivity contribution in [1.82, 2.24) is 19.5 Å². The fraction of sp³-hybridized carbons (Fsp3) is 0.273. The smallest absolute Gasteiger partial charge is 0.496 e. The average molecular weight is 816 g/mol. The SMILES string of the molecule is COc1cc(OC)c(S(=O)(=O)O)cc1C1=C2C=CC(=O)C=C2[Si](C)(C)c2cc(OP(=O)(O)OCC3OC(n4cnc5c(=O)[nH]c(N)nc54)C(O)C3O)ccc21. The van der Waals surface area contributed by atoms with Crippen LogP contribution in [-0.4, -0.2) is 101 Å². The number of allylic oxidation sites excluding steroid dienone is 5. The number of carbonyl (C=O) groups is 1. The molecule has 22 heteroatoms. The molecule has 0 saturated carbocycles. The minimum atomic E-state index is -4.95. The van der Waals surface area contributed by atoms with Crippen LogP contribution < -0.4 is 30.5 Å². The number of nitrogens with two attached hydrogens (primary N) is 1. The van der Waals surface area contributed by atoms with E-state index in [1.54, 1.807) is 12.1 Å². The van der Waals surface area contributed by atoms with Gasteiger partial charge in [0.1, 0.15) is 48.5 Å². The van der Waals surface area contributed by atoms with Crippen molar-refractivity contribution < 1.29 is 60.7 Å². The van der Waals surface area contributed by atoms with Gasteiger partial charge in [-0.25, -0.2) is 9.55 Å². The van der Waals surface area contributed by atoms with E-state index >= 15 is 0 Å². The summed E-state index contributed by atoms with van der Waals surface area (Å²) in [7, 11) is -9.95. The van der Waals surface area contributed by atoms with Gasteiger partial charge in [-0.15, -0.1) is 0 Å². The fourth-order valence-corrected chi connectivity index (χ4v) is 11.5. The van der Waals surface area contributed by atoms with Crippen molar-refractivity contribution in [1.29, 1.82) is 0 Å². The predicted molar refractivity (Wildman–Crippen MR) is 196 cm³/mol. The van der Waals surface area contributed by atoms with Crippen molar-refractivity contribution in [3.05, 3.63) is 87.1 Å². The Morgan fingerprint density at radius 3 is 2.47 bits per heavy atom. The van der Waals surface area contributed by atoms with Crippen LogP contribution in [0.2, 0.25) is 13.1 Å². The number of ether oxygens (including phenoxy) is 3. The quantitative estimate of drug-likeness (QED) is 0.0743. The Kier molecular flexibility index (Phi) is 9.51. The van der Waals surface area contributed by atoms with E-state index in [0.29, 0.717) is 27.1 Å². The van der Waals surface area contributed by atoms with Crippen LogP contribution in [0.3, 0.4) is 0 Å². The highest BCUT2D eigenvalue weighted by Gasteiger charge is 2.46. The Bertz CT molecular complexity index is 2600.